The second-order valence-corrected chi connectivity index (χ2v) is 10.6. The third-order valence-corrected chi connectivity index (χ3v) is 8.49. The van der Waals surface area contributed by atoms with Crippen molar-refractivity contribution in [2.45, 2.75) is 31.1 Å². The number of benzene rings is 1. The first kappa shape index (κ1) is 22.5. The molecule has 0 fully saturated rings. The zero-order valence-corrected chi connectivity index (χ0v) is 18.8. The lowest BCUT2D eigenvalue weighted by Crippen LogP contribution is -2.64. The number of hydrogen-bond acceptors (Lipinski definition) is 6. The van der Waals surface area contributed by atoms with E-state index in [-0.39, 0.29) is 11.0 Å². The average Bonchev–Trinajstić information content (AvgIpc) is 3.08. The average molecular weight is 438 g/mol. The lowest BCUT2D eigenvalue weighted by atomic mass is 9.88. The van der Waals surface area contributed by atoms with Crippen LogP contribution in [0.5, 0.6) is 0 Å². The van der Waals surface area contributed by atoms with E-state index in [9.17, 15) is 13.2 Å². The number of hydrogen-bond donors (Lipinski definition) is 3. The summed E-state index contributed by atoms with van der Waals surface area (Å²) in [5.41, 5.74) is 0.0138. The van der Waals surface area contributed by atoms with Crippen LogP contribution in [0.2, 0.25) is 0 Å². The molecule has 1 unspecified atom stereocenters. The van der Waals surface area contributed by atoms with Gasteiger partial charge in [0.2, 0.25) is 10.0 Å². The molecule has 150 valence electrons. The van der Waals surface area contributed by atoms with Crippen LogP contribution in [-0.2, 0) is 15.6 Å². The van der Waals surface area contributed by atoms with E-state index >= 15 is 0 Å². The maximum Gasteiger partial charge on any atom is 0.257 e. The predicted molar refractivity (Wildman–Crippen MR) is 119 cm³/mol. The molecule has 1 amide bonds. The van der Waals surface area contributed by atoms with E-state index in [1.165, 1.54) is 18.4 Å². The molecular formula is C17H23BN4O3S3. The Bertz CT molecular complexity index is 977. The molecule has 0 saturated carbocycles. The molecule has 0 radical (unpaired) electrons. The van der Waals surface area contributed by atoms with Crippen molar-refractivity contribution in [1.82, 2.24) is 20.3 Å². The quantitative estimate of drug-likeness (QED) is 0.442. The van der Waals surface area contributed by atoms with Gasteiger partial charge in [-0.1, -0.05) is 18.2 Å². The molecule has 1 atom stereocenters. The van der Waals surface area contributed by atoms with Crippen LogP contribution in [-0.4, -0.2) is 44.1 Å². The Balaban J connectivity index is 2.38. The van der Waals surface area contributed by atoms with Crippen molar-refractivity contribution < 1.29 is 13.2 Å². The number of carbonyl (C=O) groups excluding carboxylic acids is 1. The summed E-state index contributed by atoms with van der Waals surface area (Å²) in [7, 11) is -0.549. The van der Waals surface area contributed by atoms with E-state index in [1.807, 2.05) is 13.2 Å². The van der Waals surface area contributed by atoms with Crippen LogP contribution in [0.3, 0.4) is 0 Å². The second-order valence-electron chi connectivity index (χ2n) is 6.91. The summed E-state index contributed by atoms with van der Waals surface area (Å²) in [6.45, 7) is 4.88. The van der Waals surface area contributed by atoms with Gasteiger partial charge in [0.05, 0.1) is 0 Å². The normalized spacial score (nSPS) is 14.1. The minimum atomic E-state index is -3.74. The summed E-state index contributed by atoms with van der Waals surface area (Å²) >= 11 is 6.66. The number of rotatable bonds is 6. The van der Waals surface area contributed by atoms with Crippen molar-refractivity contribution in [1.29, 1.82) is 0 Å². The monoisotopic (exact) mass is 438 g/mol. The third-order valence-electron chi connectivity index (χ3n) is 4.82. The van der Waals surface area contributed by atoms with E-state index in [1.54, 1.807) is 51.1 Å². The molecule has 0 saturated heterocycles. The van der Waals surface area contributed by atoms with Gasteiger partial charge < -0.3 is 5.32 Å². The van der Waals surface area contributed by atoms with Crippen molar-refractivity contribution in [2.24, 2.45) is 0 Å². The van der Waals surface area contributed by atoms with Crippen LogP contribution in [0.25, 0.3) is 0 Å². The zero-order valence-electron chi connectivity index (χ0n) is 16.4. The van der Waals surface area contributed by atoms with Gasteiger partial charge in [-0.25, -0.2) is 13.1 Å². The predicted octanol–water partition coefficient (Wildman–Crippen LogP) is 0.249. The highest BCUT2D eigenvalue weighted by Gasteiger charge is 2.53. The van der Waals surface area contributed by atoms with Crippen molar-refractivity contribution in [2.75, 3.05) is 7.05 Å². The van der Waals surface area contributed by atoms with Crippen LogP contribution in [0.1, 0.15) is 36.1 Å². The van der Waals surface area contributed by atoms with E-state index in [0.717, 1.165) is 5.59 Å². The van der Waals surface area contributed by atoms with Gasteiger partial charge in [-0.3, -0.25) is 15.1 Å². The number of aromatic nitrogens is 1. The molecule has 1 heterocycles. The van der Waals surface area contributed by atoms with E-state index in [4.69, 9.17) is 12.2 Å². The van der Waals surface area contributed by atoms with Crippen molar-refractivity contribution >= 4 is 58.0 Å². The van der Waals surface area contributed by atoms with Crippen LogP contribution in [0.4, 0.5) is 0 Å². The van der Waals surface area contributed by atoms with Gasteiger partial charge in [0, 0.05) is 16.5 Å². The van der Waals surface area contributed by atoms with E-state index < -0.39 is 20.3 Å². The molecule has 2 rings (SSSR count). The summed E-state index contributed by atoms with van der Waals surface area (Å²) in [5.74, 6) is -0.384. The van der Waals surface area contributed by atoms with Gasteiger partial charge in [0.15, 0.2) is 13.0 Å². The number of sulfonamides is 1. The highest BCUT2D eigenvalue weighted by molar-refractivity contribution is 7.90. The minimum absolute atomic E-state index is 0.0172. The molecule has 3 N–H and O–H groups in total. The van der Waals surface area contributed by atoms with Gasteiger partial charge in [-0.05, 0) is 52.2 Å². The van der Waals surface area contributed by atoms with Crippen molar-refractivity contribution in [3.05, 3.63) is 46.3 Å². The van der Waals surface area contributed by atoms with Crippen LogP contribution < -0.4 is 20.9 Å². The molecular weight excluding hydrogens is 415 g/mol. The fourth-order valence-corrected chi connectivity index (χ4v) is 5.22. The smallest absolute Gasteiger partial charge is 0.257 e. The van der Waals surface area contributed by atoms with Gasteiger partial charge in [-0.15, -0.1) is 11.3 Å². The first-order valence-electron chi connectivity index (χ1n) is 8.49. The lowest BCUT2D eigenvalue weighted by Gasteiger charge is -2.42. The molecule has 0 bridgehead atoms. The number of carbonyl (C=O) groups is 1. The largest absolute Gasteiger partial charge is 0.349 e. The summed E-state index contributed by atoms with van der Waals surface area (Å²) in [4.78, 5) is 16.9. The first-order chi connectivity index (χ1) is 12.9. The minimum Gasteiger partial charge on any atom is -0.349 e. The Hall–Kier alpha value is -1.82. The fourth-order valence-electron chi connectivity index (χ4n) is 2.59. The van der Waals surface area contributed by atoms with Crippen molar-refractivity contribution in [3.63, 3.8) is 0 Å². The Labute approximate surface area is 175 Å². The molecule has 0 aliphatic carbocycles. The molecule has 1 aromatic carbocycles. The molecule has 28 heavy (non-hydrogen) atoms. The number of thiazole rings is 1. The first-order valence-corrected chi connectivity index (χ1v) is 11.3. The summed E-state index contributed by atoms with van der Waals surface area (Å²) < 4.78 is 26.6. The Morgan fingerprint density at radius 1 is 1.21 bits per heavy atom. The topological polar surface area (TPSA) is 100 Å². The summed E-state index contributed by atoms with van der Waals surface area (Å²) in [5, 5.41) is 8.05. The van der Waals surface area contributed by atoms with Gasteiger partial charge >= 0.3 is 0 Å². The summed E-state index contributed by atoms with van der Waals surface area (Å²) in [6, 6.07) is 8.63. The maximum absolute atomic E-state index is 12.8. The zero-order chi connectivity index (χ0) is 21.2. The number of nitrogens with one attached hydrogen (secondary N) is 3. The number of amides is 1. The molecule has 1 aromatic heterocycles. The molecule has 0 aliphatic rings. The molecule has 7 nitrogen and oxygen atoms in total. The highest BCUT2D eigenvalue weighted by Crippen LogP contribution is 2.38. The standard InChI is InChI=1S/C17H23BN4O3S3/c1-16(2,28(24,25)19-4)17(3,14-20-12(18)10-27-14)22-15(26)21-13(23)11-8-6-5-7-9-11/h5-10,19H,18H2,1-4H3,(H2,21,22,23,26). The number of nitrogens with zero attached hydrogens (tertiary/aromatic N) is 1. The molecule has 0 aliphatic heterocycles. The third kappa shape index (κ3) is 4.27. The molecule has 0 spiro atoms. The molecule has 2 aromatic rings. The maximum atomic E-state index is 12.8. The summed E-state index contributed by atoms with van der Waals surface area (Å²) in [6.07, 6.45) is 0. The van der Waals surface area contributed by atoms with Crippen LogP contribution >= 0.6 is 23.6 Å². The van der Waals surface area contributed by atoms with Gasteiger partial charge in [-0.2, -0.15) is 0 Å². The lowest BCUT2D eigenvalue weighted by molar-refractivity contribution is 0.0975. The van der Waals surface area contributed by atoms with Gasteiger partial charge in [0.1, 0.15) is 15.3 Å². The van der Waals surface area contributed by atoms with Crippen molar-refractivity contribution in [3.8, 4) is 0 Å². The Morgan fingerprint density at radius 2 is 1.82 bits per heavy atom. The SMILES string of the molecule is Bc1csc(C(C)(NC(=S)NC(=O)c2ccccc2)C(C)(C)S(=O)(=O)NC)n1. The highest BCUT2D eigenvalue weighted by atomic mass is 32.2. The van der Waals surface area contributed by atoms with Crippen LogP contribution in [0, 0.1) is 0 Å². The van der Waals surface area contributed by atoms with Gasteiger partial charge in [0.25, 0.3) is 5.91 Å². The number of thiocarbonyl (C=S) groups is 1. The van der Waals surface area contributed by atoms with Crippen LogP contribution in [0.15, 0.2) is 35.7 Å². The van der Waals surface area contributed by atoms with E-state index in [0.29, 0.717) is 10.6 Å². The molecule has 11 heteroatoms. The second kappa shape index (κ2) is 8.28. The Morgan fingerprint density at radius 3 is 2.32 bits per heavy atom. The Kier molecular flexibility index (Phi) is 6.64. The fraction of sp³-hybridized carbons (Fsp3) is 0.353. The van der Waals surface area contributed by atoms with E-state index in [2.05, 4.69) is 20.3 Å².